The fourth-order valence-corrected chi connectivity index (χ4v) is 3.46. The van der Waals surface area contributed by atoms with Gasteiger partial charge in [-0.3, -0.25) is 9.59 Å². The number of ether oxygens (including phenoxy) is 1. The summed E-state index contributed by atoms with van der Waals surface area (Å²) in [5.41, 5.74) is 1.03. The third-order valence-corrected chi connectivity index (χ3v) is 4.77. The van der Waals surface area contributed by atoms with Gasteiger partial charge in [-0.2, -0.15) is 0 Å². The van der Waals surface area contributed by atoms with E-state index in [-0.39, 0.29) is 17.9 Å². The van der Waals surface area contributed by atoms with Crippen LogP contribution in [-0.2, 0) is 9.53 Å². The van der Waals surface area contributed by atoms with Gasteiger partial charge in [0.25, 0.3) is 5.91 Å². The fourth-order valence-electron chi connectivity index (χ4n) is 2.30. The molecule has 1 aliphatic rings. The number of esters is 1. The van der Waals surface area contributed by atoms with E-state index in [4.69, 9.17) is 0 Å². The molecule has 1 aromatic carbocycles. The number of methoxy groups -OCH3 is 1. The van der Waals surface area contributed by atoms with Gasteiger partial charge in [0.15, 0.2) is 0 Å². The molecule has 0 saturated carbocycles. The van der Waals surface area contributed by atoms with Crippen molar-refractivity contribution in [2.45, 2.75) is 25.3 Å². The third-order valence-electron chi connectivity index (χ3n) is 3.58. The Labute approximate surface area is 145 Å². The molecule has 1 heterocycles. The number of thioether (sulfide) groups is 1. The van der Waals surface area contributed by atoms with Crippen molar-refractivity contribution < 1.29 is 19.5 Å². The standard InChI is InChI=1S/C17H20N2O4S/c1-23-15(20)10-6-5-9-14-16(19-22)13(11-24-14)18-17(21)12-7-3-2-4-8-12/h2-4,7-9,13,22H,5-6,10-11H2,1H3,(H,18,21)/b14-9+,19-16+/t13-/m1/s1. The van der Waals surface area contributed by atoms with Gasteiger partial charge in [0.2, 0.25) is 0 Å². The molecule has 0 aliphatic carbocycles. The number of unbranched alkanes of at least 4 members (excludes halogenated alkanes) is 1. The summed E-state index contributed by atoms with van der Waals surface area (Å²) in [4.78, 5) is 24.1. The van der Waals surface area contributed by atoms with Crippen LogP contribution < -0.4 is 5.32 Å². The van der Waals surface area contributed by atoms with Gasteiger partial charge in [0, 0.05) is 22.6 Å². The lowest BCUT2D eigenvalue weighted by molar-refractivity contribution is -0.140. The molecule has 1 atom stereocenters. The van der Waals surface area contributed by atoms with Crippen molar-refractivity contribution in [1.82, 2.24) is 5.32 Å². The van der Waals surface area contributed by atoms with Gasteiger partial charge in [-0.05, 0) is 25.0 Å². The largest absolute Gasteiger partial charge is 0.469 e. The number of allylic oxidation sites excluding steroid dienone is 1. The normalized spacial score (nSPS) is 20.3. The highest BCUT2D eigenvalue weighted by molar-refractivity contribution is 8.04. The van der Waals surface area contributed by atoms with Crippen LogP contribution in [0.25, 0.3) is 0 Å². The smallest absolute Gasteiger partial charge is 0.305 e. The van der Waals surface area contributed by atoms with Crippen LogP contribution in [0.5, 0.6) is 0 Å². The van der Waals surface area contributed by atoms with Gasteiger partial charge in [0.1, 0.15) is 5.71 Å². The van der Waals surface area contributed by atoms with Gasteiger partial charge in [-0.25, -0.2) is 0 Å². The molecule has 128 valence electrons. The van der Waals surface area contributed by atoms with Gasteiger partial charge in [-0.1, -0.05) is 29.4 Å². The highest BCUT2D eigenvalue weighted by atomic mass is 32.2. The first-order valence-corrected chi connectivity index (χ1v) is 8.62. The first kappa shape index (κ1) is 18.1. The van der Waals surface area contributed by atoms with E-state index >= 15 is 0 Å². The highest BCUT2D eigenvalue weighted by Gasteiger charge is 2.30. The van der Waals surface area contributed by atoms with Crippen LogP contribution in [-0.4, -0.2) is 41.7 Å². The predicted octanol–water partition coefficient (Wildman–Crippen LogP) is 2.59. The maximum atomic E-state index is 12.2. The van der Waals surface area contributed by atoms with Gasteiger partial charge >= 0.3 is 5.97 Å². The fraction of sp³-hybridized carbons (Fsp3) is 0.353. The van der Waals surface area contributed by atoms with Crippen LogP contribution in [0.15, 0.2) is 46.5 Å². The molecule has 0 spiro atoms. The van der Waals surface area contributed by atoms with E-state index in [1.807, 2.05) is 12.1 Å². The average molecular weight is 348 g/mol. The molecule has 0 unspecified atom stereocenters. The van der Waals surface area contributed by atoms with E-state index in [1.165, 1.54) is 18.9 Å². The zero-order valence-corrected chi connectivity index (χ0v) is 14.2. The minimum Gasteiger partial charge on any atom is -0.469 e. The van der Waals surface area contributed by atoms with Crippen molar-refractivity contribution in [3.8, 4) is 0 Å². The molecule has 2 rings (SSSR count). The molecule has 0 bridgehead atoms. The molecule has 1 aromatic rings. The molecular formula is C17H20N2O4S. The summed E-state index contributed by atoms with van der Waals surface area (Å²) in [5, 5.41) is 15.5. The Kier molecular flexibility index (Phi) is 6.87. The number of nitrogens with one attached hydrogen (secondary N) is 1. The summed E-state index contributed by atoms with van der Waals surface area (Å²) >= 11 is 1.52. The summed E-state index contributed by atoms with van der Waals surface area (Å²) in [6, 6.07) is 8.57. The molecular weight excluding hydrogens is 328 g/mol. The molecule has 24 heavy (non-hydrogen) atoms. The average Bonchev–Trinajstić information content (AvgIpc) is 3.00. The molecule has 0 aromatic heterocycles. The zero-order valence-electron chi connectivity index (χ0n) is 13.4. The summed E-state index contributed by atoms with van der Waals surface area (Å²) in [7, 11) is 1.37. The second-order valence-corrected chi connectivity index (χ2v) is 6.29. The number of benzene rings is 1. The number of carbonyl (C=O) groups excluding carboxylic acids is 2. The van der Waals surface area contributed by atoms with E-state index in [0.29, 0.717) is 36.3 Å². The van der Waals surface area contributed by atoms with Crippen molar-refractivity contribution in [3.63, 3.8) is 0 Å². The van der Waals surface area contributed by atoms with E-state index in [1.54, 1.807) is 24.3 Å². The summed E-state index contributed by atoms with van der Waals surface area (Å²) < 4.78 is 4.59. The van der Waals surface area contributed by atoms with Crippen LogP contribution in [0.3, 0.4) is 0 Å². The molecule has 1 fully saturated rings. The Morgan fingerprint density at radius 1 is 1.42 bits per heavy atom. The second-order valence-electron chi connectivity index (χ2n) is 5.23. The number of oxime groups is 1. The Morgan fingerprint density at radius 3 is 2.83 bits per heavy atom. The van der Waals surface area contributed by atoms with Crippen LogP contribution in [0.2, 0.25) is 0 Å². The van der Waals surface area contributed by atoms with E-state index in [9.17, 15) is 14.8 Å². The van der Waals surface area contributed by atoms with Crippen molar-refractivity contribution >= 4 is 29.4 Å². The molecule has 1 aliphatic heterocycles. The van der Waals surface area contributed by atoms with E-state index in [0.717, 1.165) is 4.91 Å². The molecule has 1 amide bonds. The van der Waals surface area contributed by atoms with E-state index in [2.05, 4.69) is 15.2 Å². The minimum absolute atomic E-state index is 0.200. The number of rotatable bonds is 6. The Balaban J connectivity index is 1.92. The maximum Gasteiger partial charge on any atom is 0.305 e. The van der Waals surface area contributed by atoms with Gasteiger partial charge in [-0.15, -0.1) is 11.8 Å². The Bertz CT molecular complexity index is 643. The molecule has 2 N–H and O–H groups in total. The van der Waals surface area contributed by atoms with Gasteiger partial charge < -0.3 is 15.3 Å². The lowest BCUT2D eigenvalue weighted by Crippen LogP contribution is -2.39. The molecule has 0 radical (unpaired) electrons. The first-order chi connectivity index (χ1) is 11.7. The van der Waals surface area contributed by atoms with Crippen LogP contribution in [0.4, 0.5) is 0 Å². The monoisotopic (exact) mass is 348 g/mol. The highest BCUT2D eigenvalue weighted by Crippen LogP contribution is 2.29. The zero-order chi connectivity index (χ0) is 17.4. The number of amides is 1. The number of nitrogens with zero attached hydrogens (tertiary/aromatic N) is 1. The Hall–Kier alpha value is -2.28. The minimum atomic E-state index is -0.334. The lowest BCUT2D eigenvalue weighted by atomic mass is 10.1. The SMILES string of the molecule is COC(=O)CCC/C=C1/SC[C@@H](NC(=O)c2ccccc2)/C1=N\O. The Morgan fingerprint density at radius 2 is 2.17 bits per heavy atom. The van der Waals surface area contributed by atoms with E-state index < -0.39 is 0 Å². The third kappa shape index (κ3) is 4.86. The topological polar surface area (TPSA) is 88.0 Å². The molecule has 1 saturated heterocycles. The summed E-state index contributed by atoms with van der Waals surface area (Å²) in [6.45, 7) is 0. The quantitative estimate of drug-likeness (QED) is 0.357. The first-order valence-electron chi connectivity index (χ1n) is 7.63. The summed E-state index contributed by atoms with van der Waals surface area (Å²) in [5.74, 6) is 0.173. The van der Waals surface area contributed by atoms with Crippen molar-refractivity contribution in [2.75, 3.05) is 12.9 Å². The van der Waals surface area contributed by atoms with Crippen molar-refractivity contribution in [2.24, 2.45) is 5.16 Å². The molecule has 6 nitrogen and oxygen atoms in total. The lowest BCUT2D eigenvalue weighted by Gasteiger charge is -2.12. The maximum absolute atomic E-state index is 12.2. The van der Waals surface area contributed by atoms with Gasteiger partial charge in [0.05, 0.1) is 13.2 Å². The predicted molar refractivity (Wildman–Crippen MR) is 93.3 cm³/mol. The molecule has 7 heteroatoms. The number of hydrogen-bond acceptors (Lipinski definition) is 6. The van der Waals surface area contributed by atoms with Crippen molar-refractivity contribution in [1.29, 1.82) is 0 Å². The van der Waals surface area contributed by atoms with Crippen LogP contribution >= 0.6 is 11.8 Å². The van der Waals surface area contributed by atoms with Crippen molar-refractivity contribution in [3.05, 3.63) is 46.9 Å². The van der Waals surface area contributed by atoms with Crippen LogP contribution in [0.1, 0.15) is 29.6 Å². The summed E-state index contributed by atoms with van der Waals surface area (Å²) in [6.07, 6.45) is 3.62. The number of hydrogen-bond donors (Lipinski definition) is 2. The van der Waals surface area contributed by atoms with Crippen LogP contribution in [0, 0.1) is 0 Å². The number of carbonyl (C=O) groups is 2. The second kappa shape index (κ2) is 9.12.